The summed E-state index contributed by atoms with van der Waals surface area (Å²) in [5, 5.41) is 6.83. The van der Waals surface area contributed by atoms with Gasteiger partial charge in [0.2, 0.25) is 5.91 Å². The van der Waals surface area contributed by atoms with Gasteiger partial charge in [-0.2, -0.15) is 0 Å². The molecule has 1 aliphatic rings. The molecule has 0 saturated heterocycles. The van der Waals surface area contributed by atoms with Crippen LogP contribution in [0.4, 0.5) is 5.69 Å². The Morgan fingerprint density at radius 2 is 1.96 bits per heavy atom. The van der Waals surface area contributed by atoms with Crippen molar-refractivity contribution in [2.45, 2.75) is 25.2 Å². The number of hydrogen-bond acceptors (Lipinski definition) is 3. The first-order valence-corrected chi connectivity index (χ1v) is 9.43. The highest BCUT2D eigenvalue weighted by atomic mass is 35.5. The molecule has 1 saturated carbocycles. The molecule has 4 rings (SSSR count). The van der Waals surface area contributed by atoms with Crippen LogP contribution in [0.1, 0.15) is 23.4 Å². The van der Waals surface area contributed by atoms with Crippen LogP contribution in [0.15, 0.2) is 53.9 Å². The van der Waals surface area contributed by atoms with E-state index in [9.17, 15) is 4.79 Å². The molecular weight excluding hydrogens is 352 g/mol. The van der Waals surface area contributed by atoms with Crippen molar-refractivity contribution < 1.29 is 4.79 Å². The molecule has 1 aliphatic carbocycles. The first-order valence-electron chi connectivity index (χ1n) is 8.17. The molecule has 0 aliphatic heterocycles. The molecule has 0 atom stereocenters. The number of nitrogens with one attached hydrogen (secondary N) is 1. The second-order valence-corrected chi connectivity index (χ2v) is 7.87. The van der Waals surface area contributed by atoms with Crippen LogP contribution in [0.25, 0.3) is 11.3 Å². The van der Waals surface area contributed by atoms with Crippen molar-refractivity contribution in [1.82, 2.24) is 4.98 Å². The molecule has 5 heteroatoms. The largest absolute Gasteiger partial charge is 0.325 e. The fraction of sp³-hybridized carbons (Fsp3) is 0.200. The second kappa shape index (κ2) is 6.28. The third kappa shape index (κ3) is 3.20. The maximum Gasteiger partial charge on any atom is 0.235 e. The normalized spacial score (nSPS) is 15.0. The van der Waals surface area contributed by atoms with Crippen molar-refractivity contribution in [2.75, 3.05) is 5.32 Å². The summed E-state index contributed by atoms with van der Waals surface area (Å²) in [6.07, 6.45) is 1.73. The smallest absolute Gasteiger partial charge is 0.235 e. The predicted octanol–water partition coefficient (Wildman–Crippen LogP) is 5.44. The molecule has 126 valence electrons. The molecule has 3 aromatic rings. The zero-order valence-electron chi connectivity index (χ0n) is 13.8. The van der Waals surface area contributed by atoms with Crippen LogP contribution in [0, 0.1) is 6.92 Å². The molecule has 1 N–H and O–H groups in total. The average Bonchev–Trinajstić information content (AvgIpc) is 3.31. The standard InChI is InChI=1S/C20H17ClN2OS/c1-13-22-18(12-25-13)14-3-2-4-17(11-14)23-19(24)20(9-10-20)15-5-7-16(21)8-6-15/h2-8,11-12H,9-10H2,1H3,(H,23,24). The molecule has 0 radical (unpaired) electrons. The maximum atomic E-state index is 12.9. The highest BCUT2D eigenvalue weighted by Crippen LogP contribution is 2.49. The summed E-state index contributed by atoms with van der Waals surface area (Å²) in [4.78, 5) is 17.4. The van der Waals surface area contributed by atoms with Crippen molar-refractivity contribution in [3.63, 3.8) is 0 Å². The van der Waals surface area contributed by atoms with Crippen LogP contribution in [0.5, 0.6) is 0 Å². The van der Waals surface area contributed by atoms with Crippen LogP contribution in [0.3, 0.4) is 0 Å². The van der Waals surface area contributed by atoms with Crippen molar-refractivity contribution >= 4 is 34.5 Å². The lowest BCUT2D eigenvalue weighted by atomic mass is 9.95. The summed E-state index contributed by atoms with van der Waals surface area (Å²) in [7, 11) is 0. The van der Waals surface area contributed by atoms with E-state index in [-0.39, 0.29) is 5.91 Å². The summed E-state index contributed by atoms with van der Waals surface area (Å²) in [5.74, 6) is 0.0430. The number of carbonyl (C=O) groups excluding carboxylic acids is 1. The molecule has 1 amide bonds. The summed E-state index contributed by atoms with van der Waals surface area (Å²) in [6.45, 7) is 1.99. The summed E-state index contributed by atoms with van der Waals surface area (Å²) < 4.78 is 0. The molecule has 1 fully saturated rings. The van der Waals surface area contributed by atoms with Gasteiger partial charge in [-0.15, -0.1) is 11.3 Å². The molecule has 2 aromatic carbocycles. The van der Waals surface area contributed by atoms with Crippen molar-refractivity contribution in [1.29, 1.82) is 0 Å². The maximum absolute atomic E-state index is 12.9. The summed E-state index contributed by atoms with van der Waals surface area (Å²) in [5.41, 5.74) is 3.36. The molecule has 0 bridgehead atoms. The van der Waals surface area contributed by atoms with E-state index < -0.39 is 5.41 Å². The quantitative estimate of drug-likeness (QED) is 0.666. The highest BCUT2D eigenvalue weighted by molar-refractivity contribution is 7.09. The molecular formula is C20H17ClN2OS. The number of rotatable bonds is 4. The van der Waals surface area contributed by atoms with E-state index in [2.05, 4.69) is 10.3 Å². The van der Waals surface area contributed by atoms with Crippen LogP contribution < -0.4 is 5.32 Å². The van der Waals surface area contributed by atoms with Gasteiger partial charge in [0.25, 0.3) is 0 Å². The van der Waals surface area contributed by atoms with E-state index in [1.54, 1.807) is 11.3 Å². The number of nitrogens with zero attached hydrogens (tertiary/aromatic N) is 1. The molecule has 3 nitrogen and oxygen atoms in total. The van der Waals surface area contributed by atoms with E-state index in [1.165, 1.54) is 0 Å². The van der Waals surface area contributed by atoms with Crippen LogP contribution in [-0.4, -0.2) is 10.9 Å². The number of aromatic nitrogens is 1. The minimum absolute atomic E-state index is 0.0430. The third-order valence-electron chi connectivity index (χ3n) is 4.62. The Balaban J connectivity index is 1.56. The van der Waals surface area contributed by atoms with E-state index >= 15 is 0 Å². The fourth-order valence-electron chi connectivity index (χ4n) is 3.04. The Morgan fingerprint density at radius 3 is 2.60 bits per heavy atom. The van der Waals surface area contributed by atoms with Gasteiger partial charge < -0.3 is 5.32 Å². The number of carbonyl (C=O) groups is 1. The Hall–Kier alpha value is -2.17. The predicted molar refractivity (Wildman–Crippen MR) is 103 cm³/mol. The third-order valence-corrected chi connectivity index (χ3v) is 5.64. The van der Waals surface area contributed by atoms with Crippen molar-refractivity contribution in [3.05, 3.63) is 69.5 Å². The first-order chi connectivity index (χ1) is 12.1. The minimum atomic E-state index is -0.419. The van der Waals surface area contributed by atoms with E-state index in [1.807, 2.05) is 60.8 Å². The second-order valence-electron chi connectivity index (χ2n) is 6.38. The number of halogens is 1. The Kier molecular flexibility index (Phi) is 4.10. The van der Waals surface area contributed by atoms with Gasteiger partial charge in [0.1, 0.15) is 0 Å². The van der Waals surface area contributed by atoms with Crippen molar-refractivity contribution in [3.8, 4) is 11.3 Å². The van der Waals surface area contributed by atoms with E-state index in [4.69, 9.17) is 11.6 Å². The molecule has 25 heavy (non-hydrogen) atoms. The highest BCUT2D eigenvalue weighted by Gasteiger charge is 2.51. The van der Waals surface area contributed by atoms with Gasteiger partial charge in [-0.3, -0.25) is 4.79 Å². The molecule has 1 heterocycles. The van der Waals surface area contributed by atoms with Crippen LogP contribution >= 0.6 is 22.9 Å². The first kappa shape index (κ1) is 16.3. The van der Waals surface area contributed by atoms with E-state index in [0.717, 1.165) is 40.4 Å². The van der Waals surface area contributed by atoms with Gasteiger partial charge in [-0.25, -0.2) is 4.98 Å². The number of benzene rings is 2. The SMILES string of the molecule is Cc1nc(-c2cccc(NC(=O)C3(c4ccc(Cl)cc4)CC3)c2)cs1. The number of anilines is 1. The monoisotopic (exact) mass is 368 g/mol. The lowest BCUT2D eigenvalue weighted by molar-refractivity contribution is -0.118. The Morgan fingerprint density at radius 1 is 1.20 bits per heavy atom. The number of aryl methyl sites for hydroxylation is 1. The van der Waals surface area contributed by atoms with Gasteiger partial charge in [-0.1, -0.05) is 35.9 Å². The molecule has 0 spiro atoms. The average molecular weight is 369 g/mol. The molecule has 1 aromatic heterocycles. The van der Waals surface area contributed by atoms with Crippen LogP contribution in [-0.2, 0) is 10.2 Å². The van der Waals surface area contributed by atoms with Crippen LogP contribution in [0.2, 0.25) is 5.02 Å². The summed E-state index contributed by atoms with van der Waals surface area (Å²) >= 11 is 7.59. The van der Waals surface area contributed by atoms with Gasteiger partial charge in [0, 0.05) is 21.7 Å². The lowest BCUT2D eigenvalue weighted by Crippen LogP contribution is -2.27. The van der Waals surface area contributed by atoms with Gasteiger partial charge in [-0.05, 0) is 49.6 Å². The topological polar surface area (TPSA) is 42.0 Å². The zero-order chi connectivity index (χ0) is 17.4. The Labute approximate surface area is 155 Å². The lowest BCUT2D eigenvalue weighted by Gasteiger charge is -2.16. The number of amides is 1. The zero-order valence-corrected chi connectivity index (χ0v) is 15.3. The van der Waals surface area contributed by atoms with Gasteiger partial charge >= 0.3 is 0 Å². The molecule has 0 unspecified atom stereocenters. The summed E-state index contributed by atoms with van der Waals surface area (Å²) in [6, 6.07) is 15.4. The van der Waals surface area contributed by atoms with Gasteiger partial charge in [0.05, 0.1) is 16.1 Å². The van der Waals surface area contributed by atoms with Crippen molar-refractivity contribution in [2.24, 2.45) is 0 Å². The minimum Gasteiger partial charge on any atom is -0.325 e. The number of hydrogen-bond donors (Lipinski definition) is 1. The fourth-order valence-corrected chi connectivity index (χ4v) is 3.79. The number of thiazole rings is 1. The Bertz CT molecular complexity index is 929. The van der Waals surface area contributed by atoms with E-state index in [0.29, 0.717) is 5.02 Å². The van der Waals surface area contributed by atoms with Gasteiger partial charge in [0.15, 0.2) is 0 Å².